The summed E-state index contributed by atoms with van der Waals surface area (Å²) >= 11 is 1.69. The number of anilines is 1. The summed E-state index contributed by atoms with van der Waals surface area (Å²) in [6.07, 6.45) is 2.15. The van der Waals surface area contributed by atoms with Crippen LogP contribution >= 0.6 is 11.3 Å². The lowest BCUT2D eigenvalue weighted by Crippen LogP contribution is -2.21. The SMILES string of the molecule is CCCNc1nc(C2Cc3ccccc32)nc2sccc12. The van der Waals surface area contributed by atoms with Gasteiger partial charge in [0, 0.05) is 12.5 Å². The average Bonchev–Trinajstić information content (AvgIpc) is 2.94. The average molecular weight is 295 g/mol. The zero-order valence-electron chi connectivity index (χ0n) is 12.0. The lowest BCUT2D eigenvalue weighted by molar-refractivity contribution is 0.665. The van der Waals surface area contributed by atoms with Gasteiger partial charge in [0.05, 0.1) is 5.39 Å². The van der Waals surface area contributed by atoms with Gasteiger partial charge in [-0.3, -0.25) is 0 Å². The van der Waals surface area contributed by atoms with Gasteiger partial charge in [-0.1, -0.05) is 31.2 Å². The van der Waals surface area contributed by atoms with Crippen LogP contribution in [0.15, 0.2) is 35.7 Å². The van der Waals surface area contributed by atoms with Crippen LogP contribution in [0.5, 0.6) is 0 Å². The van der Waals surface area contributed by atoms with Gasteiger partial charge in [-0.25, -0.2) is 9.97 Å². The van der Waals surface area contributed by atoms with Crippen LogP contribution in [0.25, 0.3) is 10.2 Å². The van der Waals surface area contributed by atoms with Crippen molar-refractivity contribution >= 4 is 27.4 Å². The zero-order valence-corrected chi connectivity index (χ0v) is 12.8. The van der Waals surface area contributed by atoms with Crippen LogP contribution in [-0.2, 0) is 6.42 Å². The van der Waals surface area contributed by atoms with Gasteiger partial charge in [0.15, 0.2) is 0 Å². The molecule has 1 unspecified atom stereocenters. The summed E-state index contributed by atoms with van der Waals surface area (Å²) in [5.41, 5.74) is 2.82. The van der Waals surface area contributed by atoms with Gasteiger partial charge in [-0.05, 0) is 35.4 Å². The van der Waals surface area contributed by atoms with E-state index in [-0.39, 0.29) is 0 Å². The van der Waals surface area contributed by atoms with E-state index in [4.69, 9.17) is 9.97 Å². The minimum absolute atomic E-state index is 0.356. The number of aromatic nitrogens is 2. The Balaban J connectivity index is 1.76. The highest BCUT2D eigenvalue weighted by Gasteiger charge is 2.30. The second-order valence-electron chi connectivity index (χ2n) is 5.45. The number of nitrogens with zero attached hydrogens (tertiary/aromatic N) is 2. The number of benzene rings is 1. The predicted octanol–water partition coefficient (Wildman–Crippen LogP) is 4.20. The van der Waals surface area contributed by atoms with E-state index >= 15 is 0 Å². The first kappa shape index (κ1) is 12.8. The van der Waals surface area contributed by atoms with E-state index in [2.05, 4.69) is 48.0 Å². The van der Waals surface area contributed by atoms with Crippen LogP contribution in [0.4, 0.5) is 5.82 Å². The summed E-state index contributed by atoms with van der Waals surface area (Å²) in [7, 11) is 0. The molecular weight excluding hydrogens is 278 g/mol. The van der Waals surface area contributed by atoms with Gasteiger partial charge in [0.1, 0.15) is 16.5 Å². The third kappa shape index (κ3) is 2.10. The van der Waals surface area contributed by atoms with Crippen molar-refractivity contribution in [2.45, 2.75) is 25.7 Å². The zero-order chi connectivity index (χ0) is 14.2. The van der Waals surface area contributed by atoms with E-state index in [1.54, 1.807) is 11.3 Å². The molecule has 1 aliphatic carbocycles. The predicted molar refractivity (Wildman–Crippen MR) is 88.2 cm³/mol. The second kappa shape index (κ2) is 5.11. The van der Waals surface area contributed by atoms with E-state index < -0.39 is 0 Å². The standard InChI is InChI=1S/C17H17N3S/c1-2-8-18-15-13-7-9-21-17(13)20-16(19-15)14-10-11-5-3-4-6-12(11)14/h3-7,9,14H,2,8,10H2,1H3,(H,18,19,20). The first-order valence-corrected chi connectivity index (χ1v) is 8.31. The number of nitrogens with one attached hydrogen (secondary N) is 1. The summed E-state index contributed by atoms with van der Waals surface area (Å²) < 4.78 is 0. The minimum Gasteiger partial charge on any atom is -0.369 e. The lowest BCUT2D eigenvalue weighted by Gasteiger charge is -2.29. The maximum atomic E-state index is 4.82. The van der Waals surface area contributed by atoms with Crippen molar-refractivity contribution in [2.75, 3.05) is 11.9 Å². The molecule has 0 fully saturated rings. The maximum Gasteiger partial charge on any atom is 0.140 e. The Morgan fingerprint density at radius 1 is 1.24 bits per heavy atom. The second-order valence-corrected chi connectivity index (χ2v) is 6.35. The molecule has 4 heteroatoms. The fourth-order valence-corrected chi connectivity index (χ4v) is 3.67. The van der Waals surface area contributed by atoms with Crippen molar-refractivity contribution in [1.82, 2.24) is 9.97 Å². The largest absolute Gasteiger partial charge is 0.369 e. The third-order valence-electron chi connectivity index (χ3n) is 4.05. The Morgan fingerprint density at radius 2 is 2.14 bits per heavy atom. The molecule has 3 nitrogen and oxygen atoms in total. The highest BCUT2D eigenvalue weighted by molar-refractivity contribution is 7.16. The van der Waals surface area contributed by atoms with Gasteiger partial charge >= 0.3 is 0 Å². The maximum absolute atomic E-state index is 4.82. The van der Waals surface area contributed by atoms with Crippen molar-refractivity contribution < 1.29 is 0 Å². The van der Waals surface area contributed by atoms with E-state index in [0.717, 1.165) is 41.2 Å². The molecule has 0 saturated carbocycles. The Labute approximate surface area is 128 Å². The molecule has 0 bridgehead atoms. The van der Waals surface area contributed by atoms with E-state index in [1.807, 2.05) is 0 Å². The first-order valence-electron chi connectivity index (χ1n) is 7.43. The summed E-state index contributed by atoms with van der Waals surface area (Å²) in [4.78, 5) is 10.7. The molecule has 0 amide bonds. The van der Waals surface area contributed by atoms with Crippen LogP contribution in [0.1, 0.15) is 36.2 Å². The monoisotopic (exact) mass is 295 g/mol. The quantitative estimate of drug-likeness (QED) is 0.784. The van der Waals surface area contributed by atoms with Gasteiger partial charge in [-0.15, -0.1) is 11.3 Å². The van der Waals surface area contributed by atoms with Gasteiger partial charge in [-0.2, -0.15) is 0 Å². The highest BCUT2D eigenvalue weighted by atomic mass is 32.1. The van der Waals surface area contributed by atoms with Crippen LogP contribution < -0.4 is 5.32 Å². The van der Waals surface area contributed by atoms with Gasteiger partial charge in [0.2, 0.25) is 0 Å². The minimum atomic E-state index is 0.356. The van der Waals surface area contributed by atoms with Crippen LogP contribution in [0.3, 0.4) is 0 Å². The molecule has 0 radical (unpaired) electrons. The Hall–Kier alpha value is -1.94. The summed E-state index contributed by atoms with van der Waals surface area (Å²) in [6, 6.07) is 10.7. The molecule has 2 heterocycles. The van der Waals surface area contributed by atoms with Crippen molar-refractivity contribution in [1.29, 1.82) is 0 Å². The summed E-state index contributed by atoms with van der Waals surface area (Å²) in [6.45, 7) is 3.12. The molecule has 1 aliphatic rings. The molecular formula is C17H17N3S. The number of hydrogen-bond acceptors (Lipinski definition) is 4. The molecule has 0 saturated heterocycles. The fraction of sp³-hybridized carbons (Fsp3) is 0.294. The topological polar surface area (TPSA) is 37.8 Å². The molecule has 3 aromatic rings. The molecule has 106 valence electrons. The van der Waals surface area contributed by atoms with Crippen LogP contribution in [-0.4, -0.2) is 16.5 Å². The Kier molecular flexibility index (Phi) is 3.11. The molecule has 1 aromatic carbocycles. The number of thiophene rings is 1. The van der Waals surface area contributed by atoms with E-state index in [9.17, 15) is 0 Å². The molecule has 0 aliphatic heterocycles. The lowest BCUT2D eigenvalue weighted by atomic mass is 9.77. The van der Waals surface area contributed by atoms with Crippen LogP contribution in [0, 0.1) is 0 Å². The molecule has 21 heavy (non-hydrogen) atoms. The molecule has 1 atom stereocenters. The Morgan fingerprint density at radius 3 is 3.00 bits per heavy atom. The fourth-order valence-electron chi connectivity index (χ4n) is 2.90. The van der Waals surface area contributed by atoms with E-state index in [0.29, 0.717) is 5.92 Å². The van der Waals surface area contributed by atoms with Crippen molar-refractivity contribution in [3.8, 4) is 0 Å². The molecule has 0 spiro atoms. The van der Waals surface area contributed by atoms with E-state index in [1.165, 1.54) is 11.1 Å². The Bertz CT molecular complexity index is 794. The third-order valence-corrected chi connectivity index (χ3v) is 4.86. The van der Waals surface area contributed by atoms with Crippen LogP contribution in [0.2, 0.25) is 0 Å². The highest BCUT2D eigenvalue weighted by Crippen LogP contribution is 2.39. The summed E-state index contributed by atoms with van der Waals surface area (Å²) in [5, 5.41) is 6.68. The number of hydrogen-bond donors (Lipinski definition) is 1. The normalized spacial score (nSPS) is 16.5. The molecule has 1 N–H and O–H groups in total. The van der Waals surface area contributed by atoms with Crippen molar-refractivity contribution in [3.63, 3.8) is 0 Å². The van der Waals surface area contributed by atoms with Gasteiger partial charge in [0.25, 0.3) is 0 Å². The molecule has 2 aromatic heterocycles. The van der Waals surface area contributed by atoms with Crippen molar-refractivity contribution in [2.24, 2.45) is 0 Å². The smallest absolute Gasteiger partial charge is 0.140 e. The first-order chi connectivity index (χ1) is 10.4. The van der Waals surface area contributed by atoms with Gasteiger partial charge < -0.3 is 5.32 Å². The summed E-state index contributed by atoms with van der Waals surface area (Å²) in [5.74, 6) is 2.31. The molecule has 4 rings (SSSR count). The number of fused-ring (bicyclic) bond motifs is 2. The van der Waals surface area contributed by atoms with Crippen molar-refractivity contribution in [3.05, 3.63) is 52.7 Å². The number of rotatable bonds is 4.